The van der Waals surface area contributed by atoms with Crippen molar-refractivity contribution in [2.45, 2.75) is 53.0 Å². The third-order valence-corrected chi connectivity index (χ3v) is 3.15. The van der Waals surface area contributed by atoms with E-state index in [2.05, 4.69) is 34.6 Å². The number of rotatable bonds is 3. The van der Waals surface area contributed by atoms with Gasteiger partial charge in [0, 0.05) is 26.7 Å². The molecule has 3 heteroatoms. The monoisotopic (exact) mass is 228 g/mol. The third kappa shape index (κ3) is 4.03. The van der Waals surface area contributed by atoms with Crippen LogP contribution >= 0.6 is 0 Å². The van der Waals surface area contributed by atoms with Gasteiger partial charge in [0.2, 0.25) is 0 Å². The van der Waals surface area contributed by atoms with E-state index in [4.69, 9.17) is 0 Å². The summed E-state index contributed by atoms with van der Waals surface area (Å²) in [7, 11) is 5.50. The Morgan fingerprint density at radius 1 is 1.06 bits per heavy atom. The second-order valence-corrected chi connectivity index (χ2v) is 6.32. The first-order valence-corrected chi connectivity index (χ1v) is 5.98. The summed E-state index contributed by atoms with van der Waals surface area (Å²) < 4.78 is 0. The second-order valence-electron chi connectivity index (χ2n) is 6.32. The first-order chi connectivity index (χ1) is 7.03. The molecule has 0 saturated carbocycles. The van der Waals surface area contributed by atoms with Gasteiger partial charge in [-0.05, 0) is 25.2 Å². The molecule has 0 radical (unpaired) electrons. The summed E-state index contributed by atoms with van der Waals surface area (Å²) in [6.07, 6.45) is 1.98. The predicted molar refractivity (Wildman–Crippen MR) is 69.6 cm³/mol. The van der Waals surface area contributed by atoms with Crippen molar-refractivity contribution in [2.75, 3.05) is 21.1 Å². The van der Waals surface area contributed by atoms with Crippen LogP contribution in [0.4, 0.5) is 4.79 Å². The van der Waals surface area contributed by atoms with E-state index in [1.165, 1.54) is 0 Å². The van der Waals surface area contributed by atoms with Crippen LogP contribution in [-0.2, 0) is 0 Å². The third-order valence-electron chi connectivity index (χ3n) is 3.15. The molecular formula is C13H28N2O. The van der Waals surface area contributed by atoms with Crippen molar-refractivity contribution in [3.63, 3.8) is 0 Å². The molecule has 0 aromatic heterocycles. The predicted octanol–water partition coefficient (Wildman–Crippen LogP) is 3.20. The molecule has 1 unspecified atom stereocenters. The van der Waals surface area contributed by atoms with Crippen molar-refractivity contribution in [1.29, 1.82) is 0 Å². The molecule has 1 atom stereocenters. The summed E-state index contributed by atoms with van der Waals surface area (Å²) >= 11 is 0. The van der Waals surface area contributed by atoms with E-state index in [1.807, 2.05) is 11.9 Å². The molecule has 0 saturated heterocycles. The molecule has 0 rings (SSSR count). The largest absolute Gasteiger partial charge is 0.331 e. The Bertz CT molecular complexity index is 243. The molecule has 0 aliphatic carbocycles. The van der Waals surface area contributed by atoms with Crippen molar-refractivity contribution in [2.24, 2.45) is 5.41 Å². The number of hydrogen-bond acceptors (Lipinski definition) is 1. The first-order valence-electron chi connectivity index (χ1n) is 5.98. The van der Waals surface area contributed by atoms with Crippen LogP contribution in [0.25, 0.3) is 0 Å². The fourth-order valence-electron chi connectivity index (χ4n) is 2.15. The molecule has 0 aliphatic heterocycles. The van der Waals surface area contributed by atoms with E-state index >= 15 is 0 Å². The minimum Gasteiger partial charge on any atom is -0.331 e. The van der Waals surface area contributed by atoms with Crippen LogP contribution < -0.4 is 0 Å². The Morgan fingerprint density at radius 3 is 1.75 bits per heavy atom. The molecule has 3 nitrogen and oxygen atoms in total. The molecule has 0 N–H and O–H groups in total. The number of amides is 2. The molecule has 2 amide bonds. The average molecular weight is 228 g/mol. The van der Waals surface area contributed by atoms with E-state index in [-0.39, 0.29) is 17.0 Å². The van der Waals surface area contributed by atoms with Crippen LogP contribution in [0.1, 0.15) is 47.5 Å². The van der Waals surface area contributed by atoms with Crippen LogP contribution in [0.3, 0.4) is 0 Å². The van der Waals surface area contributed by atoms with Crippen molar-refractivity contribution in [1.82, 2.24) is 9.80 Å². The van der Waals surface area contributed by atoms with Crippen molar-refractivity contribution < 1.29 is 4.79 Å². The Balaban J connectivity index is 4.89. The summed E-state index contributed by atoms with van der Waals surface area (Å²) in [5.74, 6) is 0. The maximum absolute atomic E-state index is 12.0. The van der Waals surface area contributed by atoms with Gasteiger partial charge in [0.15, 0.2) is 0 Å². The molecule has 0 aromatic rings. The van der Waals surface area contributed by atoms with Crippen molar-refractivity contribution >= 4 is 6.03 Å². The van der Waals surface area contributed by atoms with Gasteiger partial charge in [-0.25, -0.2) is 4.79 Å². The van der Waals surface area contributed by atoms with Crippen LogP contribution in [0.2, 0.25) is 0 Å². The summed E-state index contributed by atoms with van der Waals surface area (Å²) in [6.45, 7) is 11.0. The summed E-state index contributed by atoms with van der Waals surface area (Å²) in [5.41, 5.74) is 0.158. The smallest absolute Gasteiger partial charge is 0.319 e. The highest BCUT2D eigenvalue weighted by atomic mass is 16.2. The van der Waals surface area contributed by atoms with Gasteiger partial charge in [0.1, 0.15) is 0 Å². The molecule has 0 fully saturated rings. The highest BCUT2D eigenvalue weighted by molar-refractivity contribution is 5.74. The Kier molecular flexibility index (Phi) is 4.84. The number of urea groups is 1. The summed E-state index contributed by atoms with van der Waals surface area (Å²) in [6, 6.07) is 0.0774. The maximum Gasteiger partial charge on any atom is 0.319 e. The van der Waals surface area contributed by atoms with Crippen molar-refractivity contribution in [3.8, 4) is 0 Å². The summed E-state index contributed by atoms with van der Waals surface area (Å²) in [5, 5.41) is 0. The fourth-order valence-corrected chi connectivity index (χ4v) is 2.15. The minimum atomic E-state index is -0.0698. The molecule has 0 spiro atoms. The average Bonchev–Trinajstić information content (AvgIpc) is 2.12. The maximum atomic E-state index is 12.0. The minimum absolute atomic E-state index is 0.0698. The van der Waals surface area contributed by atoms with Gasteiger partial charge in [0.25, 0.3) is 0 Å². The normalized spacial score (nSPS) is 15.5. The van der Waals surface area contributed by atoms with Crippen LogP contribution in [0, 0.1) is 5.41 Å². The Morgan fingerprint density at radius 2 is 1.50 bits per heavy atom. The SMILES string of the molecule is CCC(C)(CC(C)(C)C)N(C)C(=O)N(C)C. The highest BCUT2D eigenvalue weighted by Crippen LogP contribution is 2.33. The van der Waals surface area contributed by atoms with E-state index in [1.54, 1.807) is 19.0 Å². The number of hydrogen-bond donors (Lipinski definition) is 0. The topological polar surface area (TPSA) is 23.6 Å². The van der Waals surface area contributed by atoms with Crippen molar-refractivity contribution in [3.05, 3.63) is 0 Å². The van der Waals surface area contributed by atoms with E-state index in [9.17, 15) is 4.79 Å². The molecular weight excluding hydrogens is 200 g/mol. The molecule has 0 heterocycles. The van der Waals surface area contributed by atoms with Crippen LogP contribution in [0.5, 0.6) is 0 Å². The molecule has 0 aliphatic rings. The zero-order chi connectivity index (χ0) is 13.1. The van der Waals surface area contributed by atoms with E-state index < -0.39 is 0 Å². The van der Waals surface area contributed by atoms with E-state index in [0.29, 0.717) is 0 Å². The standard InChI is InChI=1S/C13H28N2O/c1-9-13(5,10-12(2,3)4)15(8)11(16)14(6)7/h9-10H2,1-8H3. The lowest BCUT2D eigenvalue weighted by atomic mass is 9.78. The lowest BCUT2D eigenvalue weighted by molar-refractivity contribution is 0.0886. The van der Waals surface area contributed by atoms with Gasteiger partial charge >= 0.3 is 6.03 Å². The van der Waals surface area contributed by atoms with Gasteiger partial charge in [-0.15, -0.1) is 0 Å². The second kappa shape index (κ2) is 5.07. The van der Waals surface area contributed by atoms with Crippen LogP contribution in [0.15, 0.2) is 0 Å². The molecule has 0 bridgehead atoms. The first kappa shape index (κ1) is 15.3. The lowest BCUT2D eigenvalue weighted by Gasteiger charge is -2.43. The zero-order valence-corrected chi connectivity index (χ0v) is 12.2. The van der Waals surface area contributed by atoms with Gasteiger partial charge in [-0.1, -0.05) is 27.7 Å². The summed E-state index contributed by atoms with van der Waals surface area (Å²) in [4.78, 5) is 15.5. The number of nitrogens with zero attached hydrogens (tertiary/aromatic N) is 2. The molecule has 16 heavy (non-hydrogen) atoms. The van der Waals surface area contributed by atoms with Gasteiger partial charge in [0.05, 0.1) is 0 Å². The van der Waals surface area contributed by atoms with Gasteiger partial charge < -0.3 is 9.80 Å². The van der Waals surface area contributed by atoms with E-state index in [0.717, 1.165) is 12.8 Å². The number of carbonyl (C=O) groups is 1. The fraction of sp³-hybridized carbons (Fsp3) is 0.923. The quantitative estimate of drug-likeness (QED) is 0.727. The Hall–Kier alpha value is -0.730. The van der Waals surface area contributed by atoms with Gasteiger partial charge in [-0.3, -0.25) is 0 Å². The Labute approximate surface area is 101 Å². The van der Waals surface area contributed by atoms with Gasteiger partial charge in [-0.2, -0.15) is 0 Å². The lowest BCUT2D eigenvalue weighted by Crippen LogP contribution is -2.52. The van der Waals surface area contributed by atoms with Crippen LogP contribution in [-0.4, -0.2) is 42.5 Å². The molecule has 96 valence electrons. The zero-order valence-electron chi connectivity index (χ0n) is 12.2. The highest BCUT2D eigenvalue weighted by Gasteiger charge is 2.35. The molecule has 0 aromatic carbocycles. The number of carbonyl (C=O) groups excluding carboxylic acids is 1.